The molecular weight excluding hydrogens is 276 g/mol. The molecule has 0 fully saturated rings. The molecule has 2 rings (SSSR count). The Morgan fingerprint density at radius 2 is 2.28 bits per heavy atom. The van der Waals surface area contributed by atoms with Gasteiger partial charge >= 0.3 is 5.97 Å². The number of anilines is 1. The molecule has 3 N–H and O–H groups in total. The van der Waals surface area contributed by atoms with E-state index < -0.39 is 5.97 Å². The average molecular weight is 285 g/mol. The van der Waals surface area contributed by atoms with Gasteiger partial charge in [0, 0.05) is 16.6 Å². The van der Waals surface area contributed by atoms with Crippen LogP contribution >= 0.6 is 23.4 Å². The Morgan fingerprint density at radius 3 is 2.89 bits per heavy atom. The van der Waals surface area contributed by atoms with E-state index in [4.69, 9.17) is 27.0 Å². The number of aromatic nitrogens is 1. The number of carboxylic acids is 1. The topological polar surface area (TPSA) is 89.4 Å². The quantitative estimate of drug-likeness (QED) is 0.663. The average Bonchev–Trinajstić information content (AvgIpc) is 2.76. The Morgan fingerprint density at radius 1 is 1.50 bits per heavy atom. The van der Waals surface area contributed by atoms with Crippen LogP contribution in [0.1, 0.15) is 16.2 Å². The molecule has 1 aromatic carbocycles. The van der Waals surface area contributed by atoms with E-state index in [-0.39, 0.29) is 5.69 Å². The summed E-state index contributed by atoms with van der Waals surface area (Å²) in [6, 6.07) is 6.60. The molecule has 0 saturated carbocycles. The van der Waals surface area contributed by atoms with Gasteiger partial charge in [-0.3, -0.25) is 0 Å². The maximum absolute atomic E-state index is 10.6. The van der Waals surface area contributed by atoms with Crippen LogP contribution in [-0.4, -0.2) is 16.2 Å². The highest BCUT2D eigenvalue weighted by molar-refractivity contribution is 7.98. The molecule has 0 aliphatic heterocycles. The third-order valence-corrected chi connectivity index (χ3v) is 3.62. The summed E-state index contributed by atoms with van der Waals surface area (Å²) in [6.45, 7) is 0. The lowest BCUT2D eigenvalue weighted by molar-refractivity contribution is 0.0685. The smallest absolute Gasteiger partial charge is 0.358 e. The van der Waals surface area contributed by atoms with E-state index in [1.807, 2.05) is 0 Å². The molecule has 5 nitrogen and oxygen atoms in total. The Hall–Kier alpha value is -1.66. The van der Waals surface area contributed by atoms with Crippen LogP contribution in [0, 0.1) is 0 Å². The summed E-state index contributed by atoms with van der Waals surface area (Å²) in [5, 5.41) is 12.7. The molecule has 94 valence electrons. The summed E-state index contributed by atoms with van der Waals surface area (Å²) in [6.07, 6.45) is 0. The van der Waals surface area contributed by atoms with Crippen molar-refractivity contribution >= 4 is 35.0 Å². The minimum absolute atomic E-state index is 0.103. The summed E-state index contributed by atoms with van der Waals surface area (Å²) < 4.78 is 4.89. The summed E-state index contributed by atoms with van der Waals surface area (Å²) in [7, 11) is 0. The molecule has 0 bridgehead atoms. The fourth-order valence-electron chi connectivity index (χ4n) is 1.26. The molecule has 0 amide bonds. The van der Waals surface area contributed by atoms with Crippen molar-refractivity contribution in [1.29, 1.82) is 0 Å². The van der Waals surface area contributed by atoms with Gasteiger partial charge in [-0.2, -0.15) is 0 Å². The van der Waals surface area contributed by atoms with Crippen LogP contribution in [0.4, 0.5) is 5.69 Å². The minimum Gasteiger partial charge on any atom is -0.476 e. The summed E-state index contributed by atoms with van der Waals surface area (Å²) in [5.74, 6) is -0.185. The maximum Gasteiger partial charge on any atom is 0.358 e. The van der Waals surface area contributed by atoms with E-state index in [9.17, 15) is 4.79 Å². The van der Waals surface area contributed by atoms with Gasteiger partial charge in [-0.1, -0.05) is 16.8 Å². The van der Waals surface area contributed by atoms with Gasteiger partial charge < -0.3 is 15.4 Å². The molecule has 0 radical (unpaired) electrons. The van der Waals surface area contributed by atoms with Crippen LogP contribution in [-0.2, 0) is 5.75 Å². The van der Waals surface area contributed by atoms with Gasteiger partial charge in [-0.25, -0.2) is 4.79 Å². The lowest BCUT2D eigenvalue weighted by Gasteiger charge is -2.02. The van der Waals surface area contributed by atoms with E-state index >= 15 is 0 Å². The van der Waals surface area contributed by atoms with E-state index in [1.54, 1.807) is 18.2 Å². The van der Waals surface area contributed by atoms with E-state index in [1.165, 1.54) is 17.8 Å². The van der Waals surface area contributed by atoms with Gasteiger partial charge in [0.25, 0.3) is 0 Å². The molecule has 0 aliphatic rings. The molecule has 1 heterocycles. The molecular formula is C11H9ClN2O3S. The lowest BCUT2D eigenvalue weighted by atomic mass is 10.3. The predicted octanol–water partition coefficient (Wildman–Crippen LogP) is 2.90. The first kappa shape index (κ1) is 12.8. The van der Waals surface area contributed by atoms with Crippen LogP contribution in [0.15, 0.2) is 33.7 Å². The van der Waals surface area contributed by atoms with Crippen molar-refractivity contribution in [2.24, 2.45) is 0 Å². The van der Waals surface area contributed by atoms with Crippen LogP contribution < -0.4 is 5.73 Å². The number of nitrogen functional groups attached to an aromatic ring is 1. The van der Waals surface area contributed by atoms with E-state index in [2.05, 4.69) is 5.16 Å². The summed E-state index contributed by atoms with van der Waals surface area (Å²) in [4.78, 5) is 11.5. The highest BCUT2D eigenvalue weighted by atomic mass is 35.5. The summed E-state index contributed by atoms with van der Waals surface area (Å²) in [5.41, 5.74) is 6.08. The number of hydrogen-bond donors (Lipinski definition) is 2. The zero-order valence-electron chi connectivity index (χ0n) is 9.09. The number of aromatic carboxylic acids is 1. The van der Waals surface area contributed by atoms with Crippen molar-refractivity contribution < 1.29 is 14.4 Å². The number of hydrogen-bond acceptors (Lipinski definition) is 5. The summed E-state index contributed by atoms with van der Waals surface area (Å²) >= 11 is 7.43. The molecule has 2 aromatic rings. The first-order chi connectivity index (χ1) is 8.56. The number of nitrogens with two attached hydrogens (primary N) is 1. The zero-order valence-corrected chi connectivity index (χ0v) is 10.7. The number of thioether (sulfide) groups is 1. The molecule has 0 saturated heterocycles. The fraction of sp³-hybridized carbons (Fsp3) is 0.0909. The Bertz CT molecular complexity index is 585. The van der Waals surface area contributed by atoms with Crippen LogP contribution in [0.5, 0.6) is 0 Å². The second-order valence-corrected chi connectivity index (χ2v) is 4.89. The highest BCUT2D eigenvalue weighted by Gasteiger charge is 2.11. The van der Waals surface area contributed by atoms with Gasteiger partial charge in [-0.15, -0.1) is 11.8 Å². The van der Waals surface area contributed by atoms with Gasteiger partial charge in [0.15, 0.2) is 5.69 Å². The Kier molecular flexibility index (Phi) is 3.78. The van der Waals surface area contributed by atoms with Crippen molar-refractivity contribution in [3.63, 3.8) is 0 Å². The second kappa shape index (κ2) is 5.32. The van der Waals surface area contributed by atoms with Crippen LogP contribution in [0.25, 0.3) is 0 Å². The molecule has 7 heteroatoms. The zero-order chi connectivity index (χ0) is 13.1. The largest absolute Gasteiger partial charge is 0.476 e. The molecule has 0 atom stereocenters. The minimum atomic E-state index is -1.11. The van der Waals surface area contributed by atoms with E-state index in [0.717, 1.165) is 4.90 Å². The van der Waals surface area contributed by atoms with Crippen molar-refractivity contribution in [2.75, 3.05) is 5.73 Å². The maximum atomic E-state index is 10.6. The Labute approximate surface area is 112 Å². The van der Waals surface area contributed by atoms with Gasteiger partial charge in [0.05, 0.1) is 10.8 Å². The normalized spacial score (nSPS) is 10.5. The molecule has 0 unspecified atom stereocenters. The van der Waals surface area contributed by atoms with Gasteiger partial charge in [0.1, 0.15) is 5.76 Å². The number of halogens is 1. The molecule has 0 spiro atoms. The fourth-order valence-corrected chi connectivity index (χ4v) is 2.41. The predicted molar refractivity (Wildman–Crippen MR) is 68.9 cm³/mol. The first-order valence-electron chi connectivity index (χ1n) is 4.93. The monoisotopic (exact) mass is 284 g/mol. The first-order valence-corrected chi connectivity index (χ1v) is 6.29. The standard InChI is InChI=1S/C11H9ClN2O3S/c12-8-3-6(13)1-2-10(8)18-5-7-4-9(11(15)16)14-17-7/h1-4H,5,13H2,(H,15,16). The number of carboxylic acid groups (broad SMARTS) is 1. The van der Waals surface area contributed by atoms with Gasteiger partial charge in [-0.05, 0) is 18.2 Å². The third kappa shape index (κ3) is 2.96. The van der Waals surface area contributed by atoms with Gasteiger partial charge in [0.2, 0.25) is 0 Å². The van der Waals surface area contributed by atoms with Crippen LogP contribution in [0.3, 0.4) is 0 Å². The number of rotatable bonds is 4. The van der Waals surface area contributed by atoms with Crippen molar-refractivity contribution in [3.8, 4) is 0 Å². The van der Waals surface area contributed by atoms with E-state index in [0.29, 0.717) is 22.2 Å². The van der Waals surface area contributed by atoms with Crippen LogP contribution in [0.2, 0.25) is 5.02 Å². The van der Waals surface area contributed by atoms with Crippen molar-refractivity contribution in [3.05, 3.63) is 40.7 Å². The Balaban J connectivity index is 2.04. The highest BCUT2D eigenvalue weighted by Crippen LogP contribution is 2.31. The third-order valence-electron chi connectivity index (χ3n) is 2.10. The van der Waals surface area contributed by atoms with Crippen molar-refractivity contribution in [1.82, 2.24) is 5.16 Å². The van der Waals surface area contributed by atoms with Crippen molar-refractivity contribution in [2.45, 2.75) is 10.6 Å². The molecule has 18 heavy (non-hydrogen) atoms. The number of carbonyl (C=O) groups is 1. The molecule has 1 aromatic heterocycles. The number of nitrogens with zero attached hydrogens (tertiary/aromatic N) is 1. The second-order valence-electron chi connectivity index (χ2n) is 3.46. The SMILES string of the molecule is Nc1ccc(SCc2cc(C(=O)O)no2)c(Cl)c1. The molecule has 0 aliphatic carbocycles. The number of benzene rings is 1. The lowest BCUT2D eigenvalue weighted by Crippen LogP contribution is -1.94.